The number of nitrogens with zero attached hydrogens (tertiary/aromatic N) is 3. The van der Waals surface area contributed by atoms with Crippen LogP contribution in [0, 0.1) is 6.92 Å². The molecule has 8 nitrogen and oxygen atoms in total. The molecule has 158 valence electrons. The molecule has 11 heteroatoms. The molecule has 1 aliphatic rings. The highest BCUT2D eigenvalue weighted by molar-refractivity contribution is 5.98. The van der Waals surface area contributed by atoms with Gasteiger partial charge in [0.25, 0.3) is 5.91 Å². The minimum Gasteiger partial charge on any atom is -0.451 e. The van der Waals surface area contributed by atoms with Gasteiger partial charge in [-0.15, -0.1) is 0 Å². The third-order valence-corrected chi connectivity index (χ3v) is 4.42. The molecule has 3 rings (SSSR count). The van der Waals surface area contributed by atoms with E-state index in [4.69, 9.17) is 4.74 Å². The van der Waals surface area contributed by atoms with Crippen molar-refractivity contribution < 1.29 is 32.3 Å². The average molecular weight is 423 g/mol. The number of esters is 1. The Morgan fingerprint density at radius 3 is 2.57 bits per heavy atom. The molecule has 0 spiro atoms. The number of aryl methyl sites for hydroxylation is 1. The Kier molecular flexibility index (Phi) is 5.72. The SMILES string of the molecule is Cc1cc(=O)c(C(=O)OCC(=O)N2CCCC2=O)nn1-c1cccc(C(F)(F)F)c1. The molecule has 30 heavy (non-hydrogen) atoms. The lowest BCUT2D eigenvalue weighted by atomic mass is 10.2. The lowest BCUT2D eigenvalue weighted by Gasteiger charge is -2.14. The first-order chi connectivity index (χ1) is 14.1. The minimum atomic E-state index is -4.59. The molecule has 0 radical (unpaired) electrons. The number of aromatic nitrogens is 2. The Morgan fingerprint density at radius 2 is 1.93 bits per heavy atom. The summed E-state index contributed by atoms with van der Waals surface area (Å²) in [6, 6.07) is 5.22. The number of ether oxygens (including phenoxy) is 1. The van der Waals surface area contributed by atoms with Crippen molar-refractivity contribution in [2.24, 2.45) is 0 Å². The highest BCUT2D eigenvalue weighted by Crippen LogP contribution is 2.30. The van der Waals surface area contributed by atoms with E-state index in [1.54, 1.807) is 0 Å². The number of imide groups is 1. The van der Waals surface area contributed by atoms with Crippen molar-refractivity contribution >= 4 is 17.8 Å². The zero-order chi connectivity index (χ0) is 22.1. The van der Waals surface area contributed by atoms with Crippen molar-refractivity contribution in [3.05, 3.63) is 57.5 Å². The molecule has 1 fully saturated rings. The second-order valence-corrected chi connectivity index (χ2v) is 6.58. The van der Waals surface area contributed by atoms with Crippen LogP contribution in [0.25, 0.3) is 5.69 Å². The summed E-state index contributed by atoms with van der Waals surface area (Å²) in [5, 5.41) is 3.83. The van der Waals surface area contributed by atoms with Gasteiger partial charge >= 0.3 is 12.1 Å². The van der Waals surface area contributed by atoms with E-state index in [1.807, 2.05) is 0 Å². The van der Waals surface area contributed by atoms with Crippen LogP contribution in [0.15, 0.2) is 35.1 Å². The van der Waals surface area contributed by atoms with Gasteiger partial charge in [-0.25, -0.2) is 9.48 Å². The summed E-state index contributed by atoms with van der Waals surface area (Å²) in [5.41, 5.74) is -2.27. The predicted octanol–water partition coefficient (Wildman–Crippen LogP) is 1.87. The Bertz CT molecular complexity index is 1080. The lowest BCUT2D eigenvalue weighted by molar-refractivity contribution is -0.144. The summed E-state index contributed by atoms with van der Waals surface area (Å²) < 4.78 is 44.7. The van der Waals surface area contributed by atoms with Crippen molar-refractivity contribution in [1.29, 1.82) is 0 Å². The zero-order valence-corrected chi connectivity index (χ0v) is 15.7. The van der Waals surface area contributed by atoms with Gasteiger partial charge in [0.2, 0.25) is 17.0 Å². The number of hydrogen-bond acceptors (Lipinski definition) is 6. The standard InChI is InChI=1S/C19H16F3N3O5/c1-11-8-14(26)17(18(29)30-10-16(28)24-7-3-6-15(24)27)23-25(11)13-5-2-4-12(9-13)19(20,21)22/h2,4-5,8-9H,3,6-7,10H2,1H3. The summed E-state index contributed by atoms with van der Waals surface area (Å²) in [4.78, 5) is 48.9. The fourth-order valence-corrected chi connectivity index (χ4v) is 2.95. The predicted molar refractivity (Wildman–Crippen MR) is 95.8 cm³/mol. The Balaban J connectivity index is 1.84. The highest BCUT2D eigenvalue weighted by Gasteiger charge is 2.31. The van der Waals surface area contributed by atoms with E-state index in [9.17, 15) is 32.3 Å². The van der Waals surface area contributed by atoms with Gasteiger partial charge in [0.15, 0.2) is 6.61 Å². The second-order valence-electron chi connectivity index (χ2n) is 6.58. The van der Waals surface area contributed by atoms with Crippen LogP contribution >= 0.6 is 0 Å². The molecular formula is C19H16F3N3O5. The number of carbonyl (C=O) groups excluding carboxylic acids is 3. The van der Waals surface area contributed by atoms with E-state index < -0.39 is 41.3 Å². The van der Waals surface area contributed by atoms with Crippen LogP contribution in [0.5, 0.6) is 0 Å². The van der Waals surface area contributed by atoms with Crippen LogP contribution in [-0.2, 0) is 20.5 Å². The van der Waals surface area contributed by atoms with Crippen molar-refractivity contribution in [2.45, 2.75) is 25.9 Å². The molecule has 1 aromatic heterocycles. The maximum atomic E-state index is 13.0. The molecule has 0 aliphatic carbocycles. The second kappa shape index (κ2) is 8.09. The maximum absolute atomic E-state index is 13.0. The van der Waals surface area contributed by atoms with E-state index in [0.717, 1.165) is 27.8 Å². The number of carbonyl (C=O) groups is 3. The van der Waals surface area contributed by atoms with E-state index >= 15 is 0 Å². The van der Waals surface area contributed by atoms with Gasteiger partial charge in [0, 0.05) is 24.7 Å². The van der Waals surface area contributed by atoms with Crippen molar-refractivity contribution in [3.63, 3.8) is 0 Å². The molecule has 1 saturated heterocycles. The van der Waals surface area contributed by atoms with Crippen LogP contribution in [-0.4, -0.2) is 45.6 Å². The fraction of sp³-hybridized carbons (Fsp3) is 0.316. The quantitative estimate of drug-likeness (QED) is 0.697. The number of benzene rings is 1. The van der Waals surface area contributed by atoms with Crippen LogP contribution < -0.4 is 5.43 Å². The van der Waals surface area contributed by atoms with Crippen LogP contribution in [0.2, 0.25) is 0 Å². The monoisotopic (exact) mass is 423 g/mol. The molecule has 1 aliphatic heterocycles. The van der Waals surface area contributed by atoms with Crippen LogP contribution in [0.3, 0.4) is 0 Å². The normalized spacial score (nSPS) is 14.1. The summed E-state index contributed by atoms with van der Waals surface area (Å²) in [6.45, 7) is 0.899. The number of hydrogen-bond donors (Lipinski definition) is 0. The highest BCUT2D eigenvalue weighted by atomic mass is 19.4. The van der Waals surface area contributed by atoms with Gasteiger partial charge in [-0.2, -0.15) is 18.3 Å². The van der Waals surface area contributed by atoms with E-state index in [2.05, 4.69) is 5.10 Å². The van der Waals surface area contributed by atoms with Gasteiger partial charge in [0.05, 0.1) is 11.3 Å². The summed E-state index contributed by atoms with van der Waals surface area (Å²) >= 11 is 0. The van der Waals surface area contributed by atoms with Crippen molar-refractivity contribution in [2.75, 3.05) is 13.2 Å². The van der Waals surface area contributed by atoms with Gasteiger partial charge in [-0.1, -0.05) is 6.07 Å². The van der Waals surface area contributed by atoms with Gasteiger partial charge in [0.1, 0.15) is 0 Å². The molecule has 1 aromatic carbocycles. The summed E-state index contributed by atoms with van der Waals surface area (Å²) in [7, 11) is 0. The molecule has 2 heterocycles. The topological polar surface area (TPSA) is 98.6 Å². The molecule has 0 saturated carbocycles. The van der Waals surface area contributed by atoms with Crippen LogP contribution in [0.4, 0.5) is 13.2 Å². The fourth-order valence-electron chi connectivity index (χ4n) is 2.95. The largest absolute Gasteiger partial charge is 0.451 e. The Hall–Kier alpha value is -3.50. The number of alkyl halides is 3. The number of rotatable bonds is 4. The van der Waals surface area contributed by atoms with Gasteiger partial charge in [-0.3, -0.25) is 19.3 Å². The molecule has 2 amide bonds. The third-order valence-electron chi connectivity index (χ3n) is 4.42. The molecule has 0 atom stereocenters. The number of halogens is 3. The first-order valence-electron chi connectivity index (χ1n) is 8.87. The molecule has 0 N–H and O–H groups in total. The van der Waals surface area contributed by atoms with Crippen molar-refractivity contribution in [3.8, 4) is 5.69 Å². The third kappa shape index (κ3) is 4.39. The number of amides is 2. The maximum Gasteiger partial charge on any atom is 0.416 e. The Labute approximate surface area is 167 Å². The molecule has 2 aromatic rings. The minimum absolute atomic E-state index is 0.0184. The van der Waals surface area contributed by atoms with E-state index in [-0.39, 0.29) is 30.3 Å². The molecule has 0 unspecified atom stereocenters. The van der Waals surface area contributed by atoms with E-state index in [0.29, 0.717) is 6.42 Å². The van der Waals surface area contributed by atoms with Crippen LogP contribution in [0.1, 0.15) is 34.6 Å². The molecule has 0 bridgehead atoms. The smallest absolute Gasteiger partial charge is 0.416 e. The number of likely N-dealkylation sites (tertiary alicyclic amines) is 1. The summed E-state index contributed by atoms with van der Waals surface area (Å²) in [5.74, 6) is -2.33. The average Bonchev–Trinajstić information content (AvgIpc) is 3.11. The first-order valence-corrected chi connectivity index (χ1v) is 8.87. The zero-order valence-electron chi connectivity index (χ0n) is 15.7. The molecular weight excluding hydrogens is 407 g/mol. The first kappa shape index (κ1) is 21.2. The lowest BCUT2D eigenvalue weighted by Crippen LogP contribution is -2.36. The Morgan fingerprint density at radius 1 is 1.20 bits per heavy atom. The van der Waals surface area contributed by atoms with Gasteiger partial charge in [-0.05, 0) is 31.5 Å². The van der Waals surface area contributed by atoms with Crippen molar-refractivity contribution in [1.82, 2.24) is 14.7 Å². The summed E-state index contributed by atoms with van der Waals surface area (Å²) in [6.07, 6.45) is -3.85. The van der Waals surface area contributed by atoms with Gasteiger partial charge < -0.3 is 4.74 Å². The van der Waals surface area contributed by atoms with E-state index in [1.165, 1.54) is 19.1 Å².